The highest BCUT2D eigenvalue weighted by atomic mass is 35.5. The van der Waals surface area contributed by atoms with Crippen molar-refractivity contribution in [3.8, 4) is 0 Å². The summed E-state index contributed by atoms with van der Waals surface area (Å²) in [7, 11) is -2.17. The van der Waals surface area contributed by atoms with Gasteiger partial charge in [-0.2, -0.15) is 4.31 Å². The van der Waals surface area contributed by atoms with E-state index in [0.29, 0.717) is 19.0 Å². The van der Waals surface area contributed by atoms with Crippen LogP contribution in [0.4, 0.5) is 4.39 Å². The van der Waals surface area contributed by atoms with Crippen LogP contribution in [0.3, 0.4) is 0 Å². The first-order valence-corrected chi connectivity index (χ1v) is 8.80. The Morgan fingerprint density at radius 2 is 2.00 bits per heavy atom. The second-order valence-corrected chi connectivity index (χ2v) is 7.84. The number of sulfonamides is 1. The van der Waals surface area contributed by atoms with Crippen LogP contribution in [0.15, 0.2) is 17.0 Å². The molecule has 0 amide bonds. The SMILES string of the molecule is CNCc1cc(Cl)cc(S(=O)(=O)N2CCC(C)CC2)c1F. The molecule has 1 aliphatic heterocycles. The summed E-state index contributed by atoms with van der Waals surface area (Å²) in [6.07, 6.45) is 1.59. The van der Waals surface area contributed by atoms with Crippen molar-refractivity contribution < 1.29 is 12.8 Å². The van der Waals surface area contributed by atoms with E-state index >= 15 is 0 Å². The second kappa shape index (κ2) is 6.60. The molecule has 0 radical (unpaired) electrons. The molecule has 0 atom stereocenters. The van der Waals surface area contributed by atoms with Crippen molar-refractivity contribution in [2.24, 2.45) is 5.92 Å². The molecule has 1 aliphatic rings. The highest BCUT2D eigenvalue weighted by molar-refractivity contribution is 7.89. The fourth-order valence-corrected chi connectivity index (χ4v) is 4.40. The molecule has 0 aliphatic carbocycles. The first-order chi connectivity index (χ1) is 9.86. The molecule has 1 heterocycles. The molecule has 0 unspecified atom stereocenters. The van der Waals surface area contributed by atoms with Crippen LogP contribution in [-0.2, 0) is 16.6 Å². The van der Waals surface area contributed by atoms with Crippen LogP contribution >= 0.6 is 11.6 Å². The maximum absolute atomic E-state index is 14.5. The molecule has 1 aromatic carbocycles. The van der Waals surface area contributed by atoms with Gasteiger partial charge < -0.3 is 5.32 Å². The monoisotopic (exact) mass is 334 g/mol. The van der Waals surface area contributed by atoms with Crippen LogP contribution in [0.2, 0.25) is 5.02 Å². The lowest BCUT2D eigenvalue weighted by Gasteiger charge is -2.29. The minimum atomic E-state index is -3.83. The van der Waals surface area contributed by atoms with Gasteiger partial charge in [-0.15, -0.1) is 0 Å². The predicted molar refractivity (Wildman–Crippen MR) is 81.3 cm³/mol. The molecule has 2 rings (SSSR count). The van der Waals surface area contributed by atoms with Gasteiger partial charge in [0.15, 0.2) is 0 Å². The Balaban J connectivity index is 2.40. The number of hydrogen-bond donors (Lipinski definition) is 1. The third-order valence-electron chi connectivity index (χ3n) is 3.81. The Hall–Kier alpha value is -0.690. The smallest absolute Gasteiger partial charge is 0.246 e. The van der Waals surface area contributed by atoms with Crippen molar-refractivity contribution in [3.63, 3.8) is 0 Å². The molecule has 118 valence electrons. The molecular weight excluding hydrogens is 315 g/mol. The molecule has 1 N–H and O–H groups in total. The second-order valence-electron chi connectivity index (χ2n) is 5.49. The summed E-state index contributed by atoms with van der Waals surface area (Å²) in [5.74, 6) is -0.215. The number of nitrogens with one attached hydrogen (secondary N) is 1. The van der Waals surface area contributed by atoms with E-state index in [1.165, 1.54) is 16.4 Å². The van der Waals surface area contributed by atoms with E-state index in [9.17, 15) is 12.8 Å². The molecule has 1 fully saturated rings. The minimum Gasteiger partial charge on any atom is -0.316 e. The summed E-state index contributed by atoms with van der Waals surface area (Å²) in [4.78, 5) is -0.324. The van der Waals surface area contributed by atoms with E-state index in [0.717, 1.165) is 12.8 Å². The van der Waals surface area contributed by atoms with Gasteiger partial charge in [0.05, 0.1) is 0 Å². The summed E-state index contributed by atoms with van der Waals surface area (Å²) in [6, 6.07) is 2.65. The van der Waals surface area contributed by atoms with Crippen LogP contribution in [0.5, 0.6) is 0 Å². The van der Waals surface area contributed by atoms with Gasteiger partial charge in [0.2, 0.25) is 10.0 Å². The largest absolute Gasteiger partial charge is 0.316 e. The number of halogens is 2. The first kappa shape index (κ1) is 16.7. The Labute approximate surface area is 130 Å². The van der Waals surface area contributed by atoms with Gasteiger partial charge >= 0.3 is 0 Å². The summed E-state index contributed by atoms with van der Waals surface area (Å²) < 4.78 is 41.1. The summed E-state index contributed by atoms with van der Waals surface area (Å²) in [6.45, 7) is 3.18. The van der Waals surface area contributed by atoms with Gasteiger partial charge in [-0.25, -0.2) is 12.8 Å². The standard InChI is InChI=1S/C14H20ClFN2O2S/c1-10-3-5-18(6-4-10)21(19,20)13-8-12(15)7-11(9-17-2)14(13)16/h7-8,10,17H,3-6,9H2,1-2H3. The van der Waals surface area contributed by atoms with Gasteiger partial charge in [0, 0.05) is 30.2 Å². The zero-order valence-electron chi connectivity index (χ0n) is 12.2. The average molecular weight is 335 g/mol. The van der Waals surface area contributed by atoms with Gasteiger partial charge in [-0.1, -0.05) is 18.5 Å². The molecule has 1 saturated heterocycles. The Morgan fingerprint density at radius 1 is 1.38 bits per heavy atom. The van der Waals surface area contributed by atoms with E-state index in [-0.39, 0.29) is 22.0 Å². The van der Waals surface area contributed by atoms with Crippen molar-refractivity contribution in [1.82, 2.24) is 9.62 Å². The van der Waals surface area contributed by atoms with Crippen LogP contribution in [0.25, 0.3) is 0 Å². The van der Waals surface area contributed by atoms with Crippen LogP contribution in [0, 0.1) is 11.7 Å². The normalized spacial score (nSPS) is 18.1. The zero-order chi connectivity index (χ0) is 15.6. The third-order valence-corrected chi connectivity index (χ3v) is 5.92. The lowest BCUT2D eigenvalue weighted by molar-refractivity contribution is 0.287. The van der Waals surface area contributed by atoms with E-state index in [1.54, 1.807) is 7.05 Å². The molecule has 0 saturated carbocycles. The molecule has 1 aromatic rings. The molecule has 4 nitrogen and oxygen atoms in total. The number of hydrogen-bond acceptors (Lipinski definition) is 3. The molecule has 0 aromatic heterocycles. The third kappa shape index (κ3) is 3.56. The molecule has 0 bridgehead atoms. The zero-order valence-corrected chi connectivity index (χ0v) is 13.8. The predicted octanol–water partition coefficient (Wildman–Crippen LogP) is 2.62. The van der Waals surface area contributed by atoms with Crippen LogP contribution < -0.4 is 5.32 Å². The van der Waals surface area contributed by atoms with E-state index < -0.39 is 15.8 Å². The Bertz CT molecular complexity index is 614. The van der Waals surface area contributed by atoms with E-state index in [2.05, 4.69) is 12.2 Å². The van der Waals surface area contributed by atoms with E-state index in [1.807, 2.05) is 0 Å². The number of benzene rings is 1. The maximum Gasteiger partial charge on any atom is 0.246 e. The quantitative estimate of drug-likeness (QED) is 0.920. The summed E-state index contributed by atoms with van der Waals surface area (Å²) >= 11 is 5.95. The average Bonchev–Trinajstić information content (AvgIpc) is 2.43. The van der Waals surface area contributed by atoms with Crippen LogP contribution in [0.1, 0.15) is 25.3 Å². The van der Waals surface area contributed by atoms with E-state index in [4.69, 9.17) is 11.6 Å². The molecular formula is C14H20ClFN2O2S. The van der Waals surface area contributed by atoms with Crippen molar-refractivity contribution in [2.45, 2.75) is 31.2 Å². The molecule has 0 spiro atoms. The number of rotatable bonds is 4. The van der Waals surface area contributed by atoms with Gasteiger partial charge in [-0.05, 0) is 37.9 Å². The number of nitrogens with zero attached hydrogens (tertiary/aromatic N) is 1. The van der Waals surface area contributed by atoms with Crippen molar-refractivity contribution >= 4 is 21.6 Å². The lowest BCUT2D eigenvalue weighted by Crippen LogP contribution is -2.38. The fraction of sp³-hybridized carbons (Fsp3) is 0.571. The van der Waals surface area contributed by atoms with Gasteiger partial charge in [-0.3, -0.25) is 0 Å². The number of piperidine rings is 1. The van der Waals surface area contributed by atoms with Gasteiger partial charge in [0.1, 0.15) is 10.7 Å². The molecule has 7 heteroatoms. The molecule has 21 heavy (non-hydrogen) atoms. The maximum atomic E-state index is 14.5. The van der Waals surface area contributed by atoms with Crippen LogP contribution in [-0.4, -0.2) is 32.9 Å². The van der Waals surface area contributed by atoms with Crippen molar-refractivity contribution in [1.29, 1.82) is 0 Å². The highest BCUT2D eigenvalue weighted by Crippen LogP contribution is 2.29. The highest BCUT2D eigenvalue weighted by Gasteiger charge is 2.31. The fourth-order valence-electron chi connectivity index (χ4n) is 2.49. The summed E-state index contributed by atoms with van der Waals surface area (Å²) in [5, 5.41) is 3.04. The Kier molecular flexibility index (Phi) is 5.24. The minimum absolute atomic E-state index is 0.227. The van der Waals surface area contributed by atoms with Crippen molar-refractivity contribution in [2.75, 3.05) is 20.1 Å². The lowest BCUT2D eigenvalue weighted by atomic mass is 10.0. The van der Waals surface area contributed by atoms with Gasteiger partial charge in [0.25, 0.3) is 0 Å². The topological polar surface area (TPSA) is 49.4 Å². The van der Waals surface area contributed by atoms with Crippen molar-refractivity contribution in [3.05, 3.63) is 28.5 Å². The first-order valence-electron chi connectivity index (χ1n) is 6.99. The summed E-state index contributed by atoms with van der Waals surface area (Å²) in [5.41, 5.74) is 0.258. The Morgan fingerprint density at radius 3 is 2.57 bits per heavy atom.